The summed E-state index contributed by atoms with van der Waals surface area (Å²) in [5.74, 6) is 0.0694. The van der Waals surface area contributed by atoms with E-state index >= 15 is 0 Å². The molecular formula is C17H19ClN6O. The minimum Gasteiger partial charge on any atom is -0.365 e. The van der Waals surface area contributed by atoms with Crippen molar-refractivity contribution in [3.63, 3.8) is 0 Å². The van der Waals surface area contributed by atoms with Crippen molar-refractivity contribution in [2.45, 2.75) is 25.9 Å². The largest absolute Gasteiger partial charge is 0.365 e. The van der Waals surface area contributed by atoms with E-state index in [9.17, 15) is 4.79 Å². The van der Waals surface area contributed by atoms with Crippen molar-refractivity contribution in [3.8, 4) is 0 Å². The molecule has 0 aliphatic carbocycles. The lowest BCUT2D eigenvalue weighted by atomic mass is 9.96. The Morgan fingerprint density at radius 3 is 3.12 bits per heavy atom. The van der Waals surface area contributed by atoms with Gasteiger partial charge in [0.2, 0.25) is 0 Å². The van der Waals surface area contributed by atoms with Gasteiger partial charge < -0.3 is 15.5 Å². The molecular weight excluding hydrogens is 340 g/mol. The predicted octanol–water partition coefficient (Wildman–Crippen LogP) is 1.64. The number of hydrogen-bond donors (Lipinski definition) is 2. The molecule has 4 heterocycles. The molecule has 1 amide bonds. The Labute approximate surface area is 149 Å². The molecule has 0 saturated heterocycles. The lowest BCUT2D eigenvalue weighted by Crippen LogP contribution is -2.31. The van der Waals surface area contributed by atoms with Crippen LogP contribution in [0.2, 0.25) is 5.02 Å². The topological polar surface area (TPSA) is 90.2 Å². The Balaban J connectivity index is 1.37. The van der Waals surface area contributed by atoms with E-state index in [-0.39, 0.29) is 0 Å². The minimum absolute atomic E-state index is 0.399. The van der Waals surface area contributed by atoms with Gasteiger partial charge in [-0.2, -0.15) is 5.10 Å². The van der Waals surface area contributed by atoms with E-state index in [1.54, 1.807) is 6.20 Å². The number of amides is 1. The van der Waals surface area contributed by atoms with E-state index in [1.807, 2.05) is 33.6 Å². The molecule has 7 nitrogen and oxygen atoms in total. The van der Waals surface area contributed by atoms with Crippen molar-refractivity contribution < 1.29 is 4.79 Å². The van der Waals surface area contributed by atoms with Crippen LogP contribution in [0.5, 0.6) is 0 Å². The number of nitrogens with zero attached hydrogens (tertiary/aromatic N) is 4. The Morgan fingerprint density at radius 2 is 2.28 bits per heavy atom. The van der Waals surface area contributed by atoms with Crippen LogP contribution in [0, 0.1) is 5.92 Å². The zero-order chi connectivity index (χ0) is 17.4. The van der Waals surface area contributed by atoms with Crippen LogP contribution in [0.3, 0.4) is 0 Å². The summed E-state index contributed by atoms with van der Waals surface area (Å²) in [6.07, 6.45) is 7.16. The van der Waals surface area contributed by atoms with Crippen LogP contribution >= 0.6 is 11.6 Å². The number of imidazole rings is 1. The number of aromatic nitrogens is 4. The summed E-state index contributed by atoms with van der Waals surface area (Å²) >= 11 is 6.06. The third-order valence-electron chi connectivity index (χ3n) is 4.72. The number of fused-ring (bicyclic) bond motifs is 2. The molecule has 0 saturated carbocycles. The van der Waals surface area contributed by atoms with Gasteiger partial charge in [0.15, 0.2) is 0 Å². The van der Waals surface area contributed by atoms with Crippen molar-refractivity contribution in [2.75, 3.05) is 6.54 Å². The van der Waals surface area contributed by atoms with Crippen molar-refractivity contribution in [3.05, 3.63) is 52.7 Å². The summed E-state index contributed by atoms with van der Waals surface area (Å²) in [4.78, 5) is 15.8. The number of carbonyl (C=O) groups excluding carboxylic acids is 1. The van der Waals surface area contributed by atoms with Crippen LogP contribution < -0.4 is 11.1 Å². The number of nitrogens with two attached hydrogens (primary N) is 1. The first-order valence-electron chi connectivity index (χ1n) is 8.28. The Bertz CT molecular complexity index is 931. The molecule has 0 spiro atoms. The molecule has 0 bridgehead atoms. The quantitative estimate of drug-likeness (QED) is 0.725. The van der Waals surface area contributed by atoms with E-state index in [4.69, 9.17) is 17.3 Å². The smallest absolute Gasteiger partial charge is 0.252 e. The molecule has 8 heteroatoms. The van der Waals surface area contributed by atoms with Crippen molar-refractivity contribution in [1.29, 1.82) is 0 Å². The molecule has 130 valence electrons. The summed E-state index contributed by atoms with van der Waals surface area (Å²) in [5.41, 5.74) is 8.85. The zero-order valence-electron chi connectivity index (χ0n) is 13.7. The monoisotopic (exact) mass is 358 g/mol. The molecule has 4 rings (SSSR count). The van der Waals surface area contributed by atoms with Gasteiger partial charge in [-0.15, -0.1) is 0 Å². The Morgan fingerprint density at radius 1 is 1.40 bits per heavy atom. The second-order valence-electron chi connectivity index (χ2n) is 6.41. The van der Waals surface area contributed by atoms with Crippen molar-refractivity contribution in [1.82, 2.24) is 24.5 Å². The van der Waals surface area contributed by atoms with Crippen LogP contribution in [-0.2, 0) is 19.5 Å². The van der Waals surface area contributed by atoms with Crippen LogP contribution in [0.15, 0.2) is 30.7 Å². The average molecular weight is 359 g/mol. The fraction of sp³-hybridized carbons (Fsp3) is 0.353. The highest BCUT2D eigenvalue weighted by atomic mass is 35.5. The number of carbonyl (C=O) groups is 1. The van der Waals surface area contributed by atoms with Gasteiger partial charge in [0.1, 0.15) is 5.65 Å². The molecule has 0 fully saturated rings. The molecule has 1 aliphatic rings. The first-order chi connectivity index (χ1) is 12.1. The molecule has 3 aromatic heterocycles. The second kappa shape index (κ2) is 6.50. The van der Waals surface area contributed by atoms with Gasteiger partial charge in [0.05, 0.1) is 34.4 Å². The highest BCUT2D eigenvalue weighted by Gasteiger charge is 2.23. The number of rotatable bonds is 5. The molecule has 0 aromatic carbocycles. The molecule has 0 radical (unpaired) electrons. The molecule has 3 aromatic rings. The maximum absolute atomic E-state index is 11.4. The molecule has 1 unspecified atom stereocenters. The number of nitrogens with one attached hydrogen (secondary N) is 1. The first kappa shape index (κ1) is 16.1. The van der Waals surface area contributed by atoms with Gasteiger partial charge >= 0.3 is 0 Å². The maximum atomic E-state index is 11.4. The van der Waals surface area contributed by atoms with Crippen molar-refractivity contribution >= 4 is 23.2 Å². The van der Waals surface area contributed by atoms with Gasteiger partial charge in [-0.3, -0.25) is 9.48 Å². The average Bonchev–Trinajstić information content (AvgIpc) is 3.18. The number of primary amides is 1. The van der Waals surface area contributed by atoms with Gasteiger partial charge in [-0.1, -0.05) is 11.6 Å². The van der Waals surface area contributed by atoms with Crippen LogP contribution in [-0.4, -0.2) is 31.6 Å². The Kier molecular flexibility index (Phi) is 4.19. The van der Waals surface area contributed by atoms with Crippen LogP contribution in [0.25, 0.3) is 5.65 Å². The van der Waals surface area contributed by atoms with E-state index in [1.165, 1.54) is 0 Å². The van der Waals surface area contributed by atoms with Crippen molar-refractivity contribution in [2.24, 2.45) is 11.7 Å². The number of hydrogen-bond acceptors (Lipinski definition) is 4. The minimum atomic E-state index is -0.399. The summed E-state index contributed by atoms with van der Waals surface area (Å²) in [6, 6.07) is 3.74. The fourth-order valence-electron chi connectivity index (χ4n) is 3.42. The molecule has 1 aliphatic heterocycles. The third kappa shape index (κ3) is 3.12. The predicted molar refractivity (Wildman–Crippen MR) is 94.5 cm³/mol. The fourth-order valence-corrected chi connectivity index (χ4v) is 3.58. The maximum Gasteiger partial charge on any atom is 0.252 e. The highest BCUT2D eigenvalue weighted by Crippen LogP contribution is 2.22. The van der Waals surface area contributed by atoms with Gasteiger partial charge in [-0.25, -0.2) is 4.98 Å². The van der Waals surface area contributed by atoms with E-state index in [0.717, 1.165) is 49.5 Å². The summed E-state index contributed by atoms with van der Waals surface area (Å²) in [5, 5.41) is 8.48. The van der Waals surface area contributed by atoms with E-state index in [0.29, 0.717) is 16.5 Å². The first-order valence-corrected chi connectivity index (χ1v) is 8.66. The normalized spacial score (nSPS) is 16.9. The molecule has 25 heavy (non-hydrogen) atoms. The van der Waals surface area contributed by atoms with E-state index < -0.39 is 5.91 Å². The summed E-state index contributed by atoms with van der Waals surface area (Å²) in [6.45, 7) is 2.39. The highest BCUT2D eigenvalue weighted by molar-refractivity contribution is 6.30. The summed E-state index contributed by atoms with van der Waals surface area (Å²) < 4.78 is 3.91. The summed E-state index contributed by atoms with van der Waals surface area (Å²) in [7, 11) is 0. The number of pyridine rings is 1. The Hall–Kier alpha value is -2.38. The standard InChI is InChI=1S/C17H19ClN6O/c18-12-2-4-16-21-7-13(23(16)10-12)6-20-5-11-1-3-15-14(17(19)25)8-22-24(15)9-11/h2,4,7-8,10-11,20H,1,3,5-6,9H2,(H2,19,25). The lowest BCUT2D eigenvalue weighted by molar-refractivity contribution is 0.0998. The van der Waals surface area contributed by atoms with Crippen LogP contribution in [0.1, 0.15) is 28.2 Å². The number of halogens is 1. The zero-order valence-corrected chi connectivity index (χ0v) is 14.4. The second-order valence-corrected chi connectivity index (χ2v) is 6.85. The van der Waals surface area contributed by atoms with Gasteiger partial charge in [0.25, 0.3) is 5.91 Å². The van der Waals surface area contributed by atoms with Crippen LogP contribution in [0.4, 0.5) is 0 Å². The molecule has 1 atom stereocenters. The SMILES string of the molecule is NC(=O)c1cnn2c1CCC(CNCc1cnc3ccc(Cl)cn13)C2. The van der Waals surface area contributed by atoms with Gasteiger partial charge in [-0.05, 0) is 30.9 Å². The van der Waals surface area contributed by atoms with Gasteiger partial charge in [0, 0.05) is 25.8 Å². The third-order valence-corrected chi connectivity index (χ3v) is 4.94. The van der Waals surface area contributed by atoms with E-state index in [2.05, 4.69) is 15.4 Å². The molecule has 3 N–H and O–H groups in total. The lowest BCUT2D eigenvalue weighted by Gasteiger charge is -2.24.